The highest BCUT2D eigenvalue weighted by atomic mass is 16.5. The molecule has 0 aliphatic carbocycles. The van der Waals surface area contributed by atoms with Crippen molar-refractivity contribution in [3.05, 3.63) is 23.5 Å². The molecule has 0 spiro atoms. The van der Waals surface area contributed by atoms with Crippen LogP contribution in [0.25, 0.3) is 0 Å². The fourth-order valence-corrected chi connectivity index (χ4v) is 1.09. The summed E-state index contributed by atoms with van der Waals surface area (Å²) in [6, 6.07) is 1.78. The second kappa shape index (κ2) is 3.56. The topological polar surface area (TPSA) is 89.7 Å². The zero-order valence-corrected chi connectivity index (χ0v) is 8.48. The smallest absolute Gasteiger partial charge is 0.240 e. The second-order valence-corrected chi connectivity index (χ2v) is 3.21. The van der Waals surface area contributed by atoms with Crippen molar-refractivity contribution < 1.29 is 4.74 Å². The maximum atomic E-state index is 5.46. The van der Waals surface area contributed by atoms with Crippen LogP contribution in [0.15, 0.2) is 12.3 Å². The van der Waals surface area contributed by atoms with E-state index in [1.807, 2.05) is 13.8 Å². The molecule has 0 fully saturated rings. The van der Waals surface area contributed by atoms with Crippen molar-refractivity contribution in [1.29, 1.82) is 0 Å². The van der Waals surface area contributed by atoms with Crippen LogP contribution in [0.4, 0.5) is 5.95 Å². The lowest BCUT2D eigenvalue weighted by molar-refractivity contribution is 0.439. The normalized spacial score (nSPS) is 10.3. The number of nitrogens with zero attached hydrogens (tertiary/aromatic N) is 3. The molecule has 0 bridgehead atoms. The monoisotopic (exact) mass is 205 g/mol. The summed E-state index contributed by atoms with van der Waals surface area (Å²) in [4.78, 5) is 7.81. The van der Waals surface area contributed by atoms with Crippen LogP contribution in [0.3, 0.4) is 0 Å². The third-order valence-electron chi connectivity index (χ3n) is 1.83. The highest BCUT2D eigenvalue weighted by Gasteiger charge is 2.06. The van der Waals surface area contributed by atoms with Crippen LogP contribution in [-0.4, -0.2) is 20.2 Å². The lowest BCUT2D eigenvalue weighted by Crippen LogP contribution is -1.98. The molecule has 2 heterocycles. The number of nitrogens with one attached hydrogen (secondary N) is 1. The molecule has 0 radical (unpaired) electrons. The van der Waals surface area contributed by atoms with Crippen molar-refractivity contribution in [1.82, 2.24) is 20.2 Å². The number of rotatable bonds is 2. The highest BCUT2D eigenvalue weighted by Crippen LogP contribution is 2.21. The Morgan fingerprint density at radius 2 is 2.20 bits per heavy atom. The molecule has 78 valence electrons. The minimum Gasteiger partial charge on any atom is -0.419 e. The Morgan fingerprint density at radius 1 is 1.40 bits per heavy atom. The van der Waals surface area contributed by atoms with E-state index >= 15 is 0 Å². The Bertz CT molecular complexity index is 479. The van der Waals surface area contributed by atoms with E-state index in [2.05, 4.69) is 20.2 Å². The molecule has 15 heavy (non-hydrogen) atoms. The third kappa shape index (κ3) is 2.04. The first-order valence-corrected chi connectivity index (χ1v) is 4.44. The molecule has 6 heteroatoms. The van der Waals surface area contributed by atoms with E-state index in [1.54, 1.807) is 12.3 Å². The number of aryl methyl sites for hydroxylation is 2. The first-order valence-electron chi connectivity index (χ1n) is 4.44. The molecule has 0 aromatic carbocycles. The minimum atomic E-state index is 0.183. The Labute approximate surface area is 86.5 Å². The van der Waals surface area contributed by atoms with E-state index < -0.39 is 0 Å². The van der Waals surface area contributed by atoms with Gasteiger partial charge in [0.15, 0.2) is 0 Å². The third-order valence-corrected chi connectivity index (χ3v) is 1.83. The van der Waals surface area contributed by atoms with E-state index in [9.17, 15) is 0 Å². The van der Waals surface area contributed by atoms with Gasteiger partial charge in [0, 0.05) is 23.5 Å². The van der Waals surface area contributed by atoms with Gasteiger partial charge in [-0.2, -0.15) is 4.98 Å². The summed E-state index contributed by atoms with van der Waals surface area (Å²) in [7, 11) is 0. The van der Waals surface area contributed by atoms with Gasteiger partial charge in [-0.05, 0) is 13.8 Å². The number of anilines is 1. The Kier molecular flexibility index (Phi) is 2.24. The van der Waals surface area contributed by atoms with Gasteiger partial charge in [-0.25, -0.2) is 4.98 Å². The van der Waals surface area contributed by atoms with Crippen molar-refractivity contribution >= 4 is 5.95 Å². The fraction of sp³-hybridized carbons (Fsp3) is 0.222. The summed E-state index contributed by atoms with van der Waals surface area (Å²) >= 11 is 0. The molecule has 3 N–H and O–H groups in total. The lowest BCUT2D eigenvalue weighted by atomic mass is 10.4. The van der Waals surface area contributed by atoms with Crippen LogP contribution in [0.1, 0.15) is 11.3 Å². The second-order valence-electron chi connectivity index (χ2n) is 3.21. The standard InChI is InChI=1S/C9H11N5O/c1-5-4-11-9(10)12-8(5)15-7-3-6(2)13-14-7/h3-4H,1-2H3,(H,13,14)(H2,10,11,12). The number of hydrogen-bond donors (Lipinski definition) is 2. The number of aromatic amines is 1. The van der Waals surface area contributed by atoms with Gasteiger partial charge < -0.3 is 10.5 Å². The predicted molar refractivity (Wildman–Crippen MR) is 54.6 cm³/mol. The fourth-order valence-electron chi connectivity index (χ4n) is 1.09. The highest BCUT2D eigenvalue weighted by molar-refractivity contribution is 5.31. The van der Waals surface area contributed by atoms with Crippen molar-refractivity contribution in [3.8, 4) is 11.8 Å². The van der Waals surface area contributed by atoms with E-state index in [4.69, 9.17) is 10.5 Å². The maximum Gasteiger partial charge on any atom is 0.240 e. The summed E-state index contributed by atoms with van der Waals surface area (Å²) in [6.07, 6.45) is 1.61. The van der Waals surface area contributed by atoms with Gasteiger partial charge in [0.1, 0.15) is 0 Å². The SMILES string of the molecule is Cc1cc(Oc2nc(N)ncc2C)n[nH]1. The molecule has 2 rings (SSSR count). The largest absolute Gasteiger partial charge is 0.419 e. The molecular weight excluding hydrogens is 194 g/mol. The maximum absolute atomic E-state index is 5.46. The summed E-state index contributed by atoms with van der Waals surface area (Å²) in [5.41, 5.74) is 7.19. The average Bonchev–Trinajstić information content (AvgIpc) is 2.58. The molecule has 2 aromatic heterocycles. The van der Waals surface area contributed by atoms with Gasteiger partial charge >= 0.3 is 0 Å². The first-order chi connectivity index (χ1) is 7.15. The van der Waals surface area contributed by atoms with Crippen LogP contribution in [0.2, 0.25) is 0 Å². The Hall–Kier alpha value is -2.11. The van der Waals surface area contributed by atoms with Crippen molar-refractivity contribution in [2.45, 2.75) is 13.8 Å². The quantitative estimate of drug-likeness (QED) is 0.768. The van der Waals surface area contributed by atoms with E-state index in [-0.39, 0.29) is 5.95 Å². The Balaban J connectivity index is 2.27. The molecule has 0 unspecified atom stereocenters. The van der Waals surface area contributed by atoms with Gasteiger partial charge in [-0.3, -0.25) is 5.10 Å². The van der Waals surface area contributed by atoms with Crippen molar-refractivity contribution in [2.24, 2.45) is 0 Å². The number of aromatic nitrogens is 4. The van der Waals surface area contributed by atoms with Gasteiger partial charge in [-0.1, -0.05) is 0 Å². The van der Waals surface area contributed by atoms with Crippen LogP contribution in [0.5, 0.6) is 11.8 Å². The number of ether oxygens (including phenoxy) is 1. The molecule has 0 amide bonds. The van der Waals surface area contributed by atoms with E-state index in [0.717, 1.165) is 11.3 Å². The minimum absolute atomic E-state index is 0.183. The van der Waals surface area contributed by atoms with Gasteiger partial charge in [0.05, 0.1) is 0 Å². The molecule has 0 aliphatic rings. The molecular formula is C9H11N5O. The van der Waals surface area contributed by atoms with E-state index in [1.165, 1.54) is 0 Å². The van der Waals surface area contributed by atoms with E-state index in [0.29, 0.717) is 11.8 Å². The predicted octanol–water partition coefficient (Wildman–Crippen LogP) is 1.19. The number of hydrogen-bond acceptors (Lipinski definition) is 5. The molecule has 0 atom stereocenters. The average molecular weight is 205 g/mol. The lowest BCUT2D eigenvalue weighted by Gasteiger charge is -2.03. The summed E-state index contributed by atoms with van der Waals surface area (Å²) in [5.74, 6) is 1.07. The van der Waals surface area contributed by atoms with Crippen LogP contribution in [-0.2, 0) is 0 Å². The summed E-state index contributed by atoms with van der Waals surface area (Å²) in [5, 5.41) is 6.71. The number of nitrogens with two attached hydrogens (primary N) is 1. The van der Waals surface area contributed by atoms with Gasteiger partial charge in [-0.15, -0.1) is 5.10 Å². The first kappa shape index (κ1) is 9.45. The zero-order chi connectivity index (χ0) is 10.8. The van der Waals surface area contributed by atoms with Crippen LogP contribution in [0, 0.1) is 13.8 Å². The zero-order valence-electron chi connectivity index (χ0n) is 8.48. The Morgan fingerprint density at radius 3 is 2.87 bits per heavy atom. The molecule has 2 aromatic rings. The molecule has 0 saturated carbocycles. The van der Waals surface area contributed by atoms with Crippen molar-refractivity contribution in [2.75, 3.05) is 5.73 Å². The van der Waals surface area contributed by atoms with Crippen LogP contribution < -0.4 is 10.5 Å². The molecule has 6 nitrogen and oxygen atoms in total. The van der Waals surface area contributed by atoms with Crippen LogP contribution >= 0.6 is 0 Å². The molecule has 0 saturated heterocycles. The molecule has 0 aliphatic heterocycles. The number of nitrogen functional groups attached to an aromatic ring is 1. The summed E-state index contributed by atoms with van der Waals surface area (Å²) in [6.45, 7) is 3.73. The van der Waals surface area contributed by atoms with Gasteiger partial charge in [0.25, 0.3) is 0 Å². The summed E-state index contributed by atoms with van der Waals surface area (Å²) < 4.78 is 5.44. The van der Waals surface area contributed by atoms with Gasteiger partial charge in [0.2, 0.25) is 17.7 Å². The number of H-pyrrole nitrogens is 1. The van der Waals surface area contributed by atoms with Crippen molar-refractivity contribution in [3.63, 3.8) is 0 Å².